The predicted octanol–water partition coefficient (Wildman–Crippen LogP) is 2.43. The highest BCUT2D eigenvalue weighted by Gasteiger charge is 2.23. The van der Waals surface area contributed by atoms with Crippen LogP contribution in [0.5, 0.6) is 0 Å². The van der Waals surface area contributed by atoms with E-state index >= 15 is 0 Å². The van der Waals surface area contributed by atoms with Gasteiger partial charge in [-0.2, -0.15) is 0 Å². The van der Waals surface area contributed by atoms with E-state index < -0.39 is 0 Å². The summed E-state index contributed by atoms with van der Waals surface area (Å²) in [5.74, 6) is 0.443. The fourth-order valence-electron chi connectivity index (χ4n) is 2.48. The molecule has 1 aliphatic heterocycles. The molecule has 1 N–H and O–H groups in total. The Morgan fingerprint density at radius 2 is 2.18 bits per heavy atom. The molecule has 0 saturated carbocycles. The molecule has 17 heavy (non-hydrogen) atoms. The molecular weight excluding hydrogens is 215 g/mol. The first-order valence-electron chi connectivity index (χ1n) is 6.32. The molecule has 1 aliphatic rings. The zero-order chi connectivity index (χ0) is 12.4. The lowest BCUT2D eigenvalue weighted by Crippen LogP contribution is -2.42. The summed E-state index contributed by atoms with van der Waals surface area (Å²) in [6.07, 6.45) is 1.03. The Morgan fingerprint density at radius 3 is 2.82 bits per heavy atom. The van der Waals surface area contributed by atoms with Gasteiger partial charge >= 0.3 is 0 Å². The van der Waals surface area contributed by atoms with Crippen LogP contribution in [0.4, 0.5) is 10.1 Å². The van der Waals surface area contributed by atoms with Crippen molar-refractivity contribution in [3.05, 3.63) is 29.6 Å². The standard InChI is InChI=1S/C14H21FN2/c1-10(2)13(16-3)9-17-7-6-11-4-5-12(15)8-14(11)17/h4-5,8,10,13,16H,6-7,9H2,1-3H3. The summed E-state index contributed by atoms with van der Waals surface area (Å²) in [4.78, 5) is 2.29. The van der Waals surface area contributed by atoms with Crippen LogP contribution in [0.2, 0.25) is 0 Å². The van der Waals surface area contributed by atoms with Crippen molar-refractivity contribution >= 4 is 5.69 Å². The van der Waals surface area contributed by atoms with Gasteiger partial charge in [0.15, 0.2) is 0 Å². The van der Waals surface area contributed by atoms with Crippen molar-refractivity contribution in [2.75, 3.05) is 25.0 Å². The SMILES string of the molecule is CNC(CN1CCc2ccc(F)cc21)C(C)C. The third kappa shape index (κ3) is 2.60. The first-order chi connectivity index (χ1) is 8.11. The predicted molar refractivity (Wildman–Crippen MR) is 70.0 cm³/mol. The third-order valence-electron chi connectivity index (χ3n) is 3.63. The molecule has 2 nitrogen and oxygen atoms in total. The van der Waals surface area contributed by atoms with Crippen molar-refractivity contribution in [3.8, 4) is 0 Å². The number of halogens is 1. The maximum absolute atomic E-state index is 13.3. The van der Waals surface area contributed by atoms with Crippen molar-refractivity contribution in [1.82, 2.24) is 5.32 Å². The van der Waals surface area contributed by atoms with Gasteiger partial charge in [0.1, 0.15) is 5.82 Å². The topological polar surface area (TPSA) is 15.3 Å². The van der Waals surface area contributed by atoms with Crippen LogP contribution in [0.1, 0.15) is 19.4 Å². The molecule has 0 spiro atoms. The molecule has 94 valence electrons. The number of likely N-dealkylation sites (N-methyl/N-ethyl adjacent to an activating group) is 1. The average Bonchev–Trinajstić information content (AvgIpc) is 2.68. The normalized spacial score (nSPS) is 16.4. The number of anilines is 1. The number of rotatable bonds is 4. The summed E-state index contributed by atoms with van der Waals surface area (Å²) in [5.41, 5.74) is 2.34. The monoisotopic (exact) mass is 236 g/mol. The summed E-state index contributed by atoms with van der Waals surface area (Å²) < 4.78 is 13.3. The zero-order valence-electron chi connectivity index (χ0n) is 10.8. The minimum Gasteiger partial charge on any atom is -0.369 e. The third-order valence-corrected chi connectivity index (χ3v) is 3.63. The molecule has 1 aromatic carbocycles. The number of fused-ring (bicyclic) bond motifs is 1. The average molecular weight is 236 g/mol. The minimum absolute atomic E-state index is 0.138. The zero-order valence-corrected chi connectivity index (χ0v) is 10.8. The lowest BCUT2D eigenvalue weighted by Gasteiger charge is -2.28. The maximum atomic E-state index is 13.3. The molecule has 0 saturated heterocycles. The molecule has 0 bridgehead atoms. The second kappa shape index (κ2) is 5.05. The molecule has 1 unspecified atom stereocenters. The summed E-state index contributed by atoms with van der Waals surface area (Å²) in [5, 5.41) is 3.34. The Morgan fingerprint density at radius 1 is 1.41 bits per heavy atom. The van der Waals surface area contributed by atoms with E-state index in [1.54, 1.807) is 12.1 Å². The molecule has 2 rings (SSSR count). The summed E-state index contributed by atoms with van der Waals surface area (Å²) in [6.45, 7) is 6.38. The van der Waals surface area contributed by atoms with Crippen LogP contribution in [0.15, 0.2) is 18.2 Å². The van der Waals surface area contributed by atoms with E-state index in [0.717, 1.165) is 25.2 Å². The molecule has 0 amide bonds. The number of nitrogens with zero attached hydrogens (tertiary/aromatic N) is 1. The molecule has 0 aliphatic carbocycles. The molecule has 0 radical (unpaired) electrons. The van der Waals surface area contributed by atoms with Crippen LogP contribution in [0.3, 0.4) is 0 Å². The van der Waals surface area contributed by atoms with Crippen LogP contribution < -0.4 is 10.2 Å². The van der Waals surface area contributed by atoms with E-state index in [9.17, 15) is 4.39 Å². The summed E-state index contributed by atoms with van der Waals surface area (Å²) in [7, 11) is 1.99. The maximum Gasteiger partial charge on any atom is 0.125 e. The molecule has 1 aromatic rings. The largest absolute Gasteiger partial charge is 0.369 e. The van der Waals surface area contributed by atoms with E-state index in [-0.39, 0.29) is 5.82 Å². The first-order valence-corrected chi connectivity index (χ1v) is 6.32. The van der Waals surface area contributed by atoms with Crippen molar-refractivity contribution in [2.45, 2.75) is 26.3 Å². The van der Waals surface area contributed by atoms with Gasteiger partial charge < -0.3 is 10.2 Å². The van der Waals surface area contributed by atoms with Crippen molar-refractivity contribution in [2.24, 2.45) is 5.92 Å². The molecule has 1 atom stereocenters. The van der Waals surface area contributed by atoms with Crippen molar-refractivity contribution < 1.29 is 4.39 Å². The van der Waals surface area contributed by atoms with Crippen LogP contribution >= 0.6 is 0 Å². The van der Waals surface area contributed by atoms with Gasteiger partial charge in [-0.1, -0.05) is 19.9 Å². The van der Waals surface area contributed by atoms with Gasteiger partial charge in [-0.25, -0.2) is 4.39 Å². The van der Waals surface area contributed by atoms with E-state index in [4.69, 9.17) is 0 Å². The first kappa shape index (κ1) is 12.4. The number of benzene rings is 1. The Kier molecular flexibility index (Phi) is 3.67. The fraction of sp³-hybridized carbons (Fsp3) is 0.571. The molecule has 1 heterocycles. The van der Waals surface area contributed by atoms with Gasteiger partial charge in [0.2, 0.25) is 0 Å². The van der Waals surface area contributed by atoms with Gasteiger partial charge in [-0.3, -0.25) is 0 Å². The summed E-state index contributed by atoms with van der Waals surface area (Å²) >= 11 is 0. The smallest absolute Gasteiger partial charge is 0.125 e. The Balaban J connectivity index is 2.13. The Bertz CT molecular complexity index is 390. The minimum atomic E-state index is -0.138. The van der Waals surface area contributed by atoms with Crippen LogP contribution in [0.25, 0.3) is 0 Å². The van der Waals surface area contributed by atoms with Gasteiger partial charge in [0, 0.05) is 24.8 Å². The van der Waals surface area contributed by atoms with Crippen molar-refractivity contribution in [1.29, 1.82) is 0 Å². The Hall–Kier alpha value is -1.09. The lowest BCUT2D eigenvalue weighted by molar-refractivity contribution is 0.425. The number of nitrogens with one attached hydrogen (secondary N) is 1. The quantitative estimate of drug-likeness (QED) is 0.863. The lowest BCUT2D eigenvalue weighted by atomic mass is 10.0. The summed E-state index contributed by atoms with van der Waals surface area (Å²) in [6, 6.07) is 5.58. The number of hydrogen-bond acceptors (Lipinski definition) is 2. The van der Waals surface area contributed by atoms with E-state index in [0.29, 0.717) is 12.0 Å². The van der Waals surface area contributed by atoms with Crippen LogP contribution in [-0.4, -0.2) is 26.2 Å². The highest BCUT2D eigenvalue weighted by Crippen LogP contribution is 2.29. The highest BCUT2D eigenvalue weighted by atomic mass is 19.1. The second-order valence-electron chi connectivity index (χ2n) is 5.11. The molecule has 3 heteroatoms. The molecular formula is C14H21FN2. The highest BCUT2D eigenvalue weighted by molar-refractivity contribution is 5.58. The van der Waals surface area contributed by atoms with Crippen LogP contribution in [-0.2, 0) is 6.42 Å². The van der Waals surface area contributed by atoms with E-state index in [2.05, 4.69) is 24.1 Å². The van der Waals surface area contributed by atoms with Gasteiger partial charge in [0.25, 0.3) is 0 Å². The Labute approximate surface area is 103 Å². The van der Waals surface area contributed by atoms with Gasteiger partial charge in [-0.15, -0.1) is 0 Å². The van der Waals surface area contributed by atoms with Gasteiger partial charge in [-0.05, 0) is 37.1 Å². The van der Waals surface area contributed by atoms with Crippen LogP contribution in [0, 0.1) is 11.7 Å². The fourth-order valence-corrected chi connectivity index (χ4v) is 2.48. The second-order valence-corrected chi connectivity index (χ2v) is 5.11. The van der Waals surface area contributed by atoms with E-state index in [1.165, 1.54) is 5.56 Å². The molecule has 0 fully saturated rings. The van der Waals surface area contributed by atoms with Crippen molar-refractivity contribution in [3.63, 3.8) is 0 Å². The van der Waals surface area contributed by atoms with Gasteiger partial charge in [0.05, 0.1) is 0 Å². The molecule has 0 aromatic heterocycles. The number of hydrogen-bond donors (Lipinski definition) is 1. The van der Waals surface area contributed by atoms with E-state index in [1.807, 2.05) is 13.1 Å².